The first-order chi connectivity index (χ1) is 12.1. The van der Waals surface area contributed by atoms with Crippen molar-refractivity contribution in [1.29, 1.82) is 0 Å². The fraction of sp³-hybridized carbons (Fsp3) is 0.632. The average molecular weight is 368 g/mol. The van der Waals surface area contributed by atoms with Crippen molar-refractivity contribution in [1.82, 2.24) is 5.43 Å². The highest BCUT2D eigenvalue weighted by Crippen LogP contribution is 2.62. The van der Waals surface area contributed by atoms with Gasteiger partial charge in [0.1, 0.15) is 0 Å². The van der Waals surface area contributed by atoms with E-state index in [2.05, 4.69) is 10.9 Å². The van der Waals surface area contributed by atoms with Gasteiger partial charge in [0.2, 0.25) is 5.91 Å². The molecule has 0 spiro atoms. The molecule has 1 amide bonds. The normalized spacial score (nSPS) is 35.4. The van der Waals surface area contributed by atoms with Crippen LogP contribution in [0.15, 0.2) is 24.3 Å². The Hall–Kier alpha value is -1.76. The maximum absolute atomic E-state index is 12.8. The van der Waals surface area contributed by atoms with E-state index in [0.29, 0.717) is 24.7 Å². The molecule has 1 aromatic rings. The average Bonchev–Trinajstić information content (AvgIpc) is 2.49. The van der Waals surface area contributed by atoms with E-state index in [1.54, 1.807) is 0 Å². The molecular formula is C19H23F3N2O2. The van der Waals surface area contributed by atoms with Crippen molar-refractivity contribution in [2.45, 2.75) is 56.7 Å². The van der Waals surface area contributed by atoms with Crippen LogP contribution in [0.4, 0.5) is 18.9 Å². The van der Waals surface area contributed by atoms with Crippen LogP contribution in [0.5, 0.6) is 0 Å². The van der Waals surface area contributed by atoms with Gasteiger partial charge in [-0.05, 0) is 74.0 Å². The molecular weight excluding hydrogens is 345 g/mol. The minimum atomic E-state index is -4.42. The lowest BCUT2D eigenvalue weighted by Crippen LogP contribution is -2.56. The van der Waals surface area contributed by atoms with Crippen molar-refractivity contribution in [2.75, 3.05) is 5.43 Å². The van der Waals surface area contributed by atoms with Gasteiger partial charge < -0.3 is 5.11 Å². The van der Waals surface area contributed by atoms with Crippen molar-refractivity contribution < 1.29 is 23.1 Å². The number of nitrogens with one attached hydrogen (secondary N) is 2. The number of hydrogen-bond acceptors (Lipinski definition) is 3. The highest BCUT2D eigenvalue weighted by molar-refractivity contribution is 5.78. The van der Waals surface area contributed by atoms with Gasteiger partial charge in [-0.1, -0.05) is 6.07 Å². The van der Waals surface area contributed by atoms with Crippen molar-refractivity contribution >= 4 is 11.6 Å². The number of rotatable bonds is 4. The Labute approximate surface area is 150 Å². The smallest absolute Gasteiger partial charge is 0.390 e. The lowest BCUT2D eigenvalue weighted by Gasteiger charge is -2.60. The molecule has 26 heavy (non-hydrogen) atoms. The van der Waals surface area contributed by atoms with E-state index >= 15 is 0 Å². The van der Waals surface area contributed by atoms with Crippen LogP contribution < -0.4 is 10.9 Å². The molecule has 0 aliphatic heterocycles. The number of benzene rings is 1. The predicted molar refractivity (Wildman–Crippen MR) is 89.9 cm³/mol. The van der Waals surface area contributed by atoms with Gasteiger partial charge in [0.05, 0.1) is 16.9 Å². The molecule has 0 radical (unpaired) electrons. The largest absolute Gasteiger partial charge is 0.416 e. The van der Waals surface area contributed by atoms with Crippen LogP contribution in [0.1, 0.15) is 50.5 Å². The standard InChI is InChI=1S/C19H23F3N2O2/c20-19(21,22)14-2-1-3-15(5-14)23-24-16(25)10-17-6-12-4-13(7-17)9-18(26,8-12)11-17/h1-3,5,12-13,23,26H,4,6-11H2,(H,24,25). The van der Waals surface area contributed by atoms with Gasteiger partial charge in [0, 0.05) is 6.42 Å². The van der Waals surface area contributed by atoms with Crippen LogP contribution >= 0.6 is 0 Å². The molecule has 1 aromatic carbocycles. The summed E-state index contributed by atoms with van der Waals surface area (Å²) in [4.78, 5) is 12.4. The number of carbonyl (C=O) groups excluding carboxylic acids is 1. The van der Waals surface area contributed by atoms with Gasteiger partial charge in [0.25, 0.3) is 0 Å². The highest BCUT2D eigenvalue weighted by Gasteiger charge is 2.57. The molecule has 4 fully saturated rings. The highest BCUT2D eigenvalue weighted by atomic mass is 19.4. The van der Waals surface area contributed by atoms with Crippen LogP contribution in [0.25, 0.3) is 0 Å². The quantitative estimate of drug-likeness (QED) is 0.707. The van der Waals surface area contributed by atoms with Crippen molar-refractivity contribution in [3.63, 3.8) is 0 Å². The molecule has 2 atom stereocenters. The summed E-state index contributed by atoms with van der Waals surface area (Å²) in [5.41, 5.74) is 3.75. The molecule has 0 aromatic heterocycles. The first-order valence-corrected chi connectivity index (χ1v) is 9.09. The second-order valence-electron chi connectivity index (χ2n) is 8.61. The summed E-state index contributed by atoms with van der Waals surface area (Å²) < 4.78 is 38.3. The first-order valence-electron chi connectivity index (χ1n) is 9.09. The molecule has 5 rings (SSSR count). The molecule has 4 aliphatic carbocycles. The van der Waals surface area contributed by atoms with Gasteiger partial charge in [-0.15, -0.1) is 0 Å². The third-order valence-electron chi connectivity index (χ3n) is 6.22. The molecule has 0 saturated heterocycles. The summed E-state index contributed by atoms with van der Waals surface area (Å²) in [6.45, 7) is 0. The Kier molecular flexibility index (Phi) is 3.99. The van der Waals surface area contributed by atoms with E-state index in [1.807, 2.05) is 0 Å². The van der Waals surface area contributed by atoms with Crippen LogP contribution in [0, 0.1) is 17.3 Å². The molecule has 142 valence electrons. The molecule has 0 heterocycles. The summed E-state index contributed by atoms with van der Waals surface area (Å²) in [6.07, 6.45) is 1.29. The van der Waals surface area contributed by atoms with Crippen LogP contribution in [-0.2, 0) is 11.0 Å². The first kappa shape index (κ1) is 17.6. The molecule has 7 heteroatoms. The Morgan fingerprint density at radius 2 is 1.88 bits per heavy atom. The summed E-state index contributed by atoms with van der Waals surface area (Å²) in [5.74, 6) is 0.740. The maximum Gasteiger partial charge on any atom is 0.416 e. The van der Waals surface area contributed by atoms with E-state index in [9.17, 15) is 23.1 Å². The lowest BCUT2D eigenvalue weighted by atomic mass is 9.47. The van der Waals surface area contributed by atoms with Crippen LogP contribution in [0.2, 0.25) is 0 Å². The van der Waals surface area contributed by atoms with Gasteiger partial charge in [0.15, 0.2) is 0 Å². The zero-order valence-corrected chi connectivity index (χ0v) is 14.4. The Morgan fingerprint density at radius 3 is 2.50 bits per heavy atom. The zero-order valence-electron chi connectivity index (χ0n) is 14.4. The van der Waals surface area contributed by atoms with Crippen LogP contribution in [0.3, 0.4) is 0 Å². The zero-order chi connectivity index (χ0) is 18.6. The van der Waals surface area contributed by atoms with Gasteiger partial charge in [-0.2, -0.15) is 13.2 Å². The van der Waals surface area contributed by atoms with E-state index in [1.165, 1.54) is 12.1 Å². The number of halogens is 3. The Morgan fingerprint density at radius 1 is 1.19 bits per heavy atom. The second-order valence-corrected chi connectivity index (χ2v) is 8.61. The molecule has 3 N–H and O–H groups in total. The third-order valence-corrected chi connectivity index (χ3v) is 6.22. The SMILES string of the molecule is O=C(CC12CC3CC(CC(O)(C3)C1)C2)NNc1cccc(C(F)(F)F)c1. The van der Waals surface area contributed by atoms with Gasteiger partial charge in [-0.3, -0.25) is 15.6 Å². The van der Waals surface area contributed by atoms with E-state index in [4.69, 9.17) is 0 Å². The van der Waals surface area contributed by atoms with Crippen molar-refractivity contribution in [2.24, 2.45) is 17.3 Å². The monoisotopic (exact) mass is 368 g/mol. The number of aliphatic hydroxyl groups is 1. The summed E-state index contributed by atoms with van der Waals surface area (Å²) in [7, 11) is 0. The number of amides is 1. The number of hydrogen-bond donors (Lipinski definition) is 3. The molecule has 4 nitrogen and oxygen atoms in total. The van der Waals surface area contributed by atoms with Crippen LogP contribution in [-0.4, -0.2) is 16.6 Å². The minimum Gasteiger partial charge on any atom is -0.390 e. The van der Waals surface area contributed by atoms with Gasteiger partial charge >= 0.3 is 6.18 Å². The Balaban J connectivity index is 1.38. The molecule has 2 unspecified atom stereocenters. The fourth-order valence-corrected chi connectivity index (χ4v) is 5.91. The van der Waals surface area contributed by atoms with Crippen molar-refractivity contribution in [3.8, 4) is 0 Å². The summed E-state index contributed by atoms with van der Waals surface area (Å²) in [5, 5.41) is 10.7. The van der Waals surface area contributed by atoms with E-state index in [-0.39, 0.29) is 17.0 Å². The number of alkyl halides is 3. The molecule has 4 bridgehead atoms. The maximum atomic E-state index is 12.8. The Bertz CT molecular complexity index is 705. The summed E-state index contributed by atoms with van der Waals surface area (Å²) >= 11 is 0. The van der Waals surface area contributed by atoms with E-state index in [0.717, 1.165) is 44.2 Å². The number of hydrazine groups is 1. The minimum absolute atomic E-state index is 0.168. The predicted octanol–water partition coefficient (Wildman–Crippen LogP) is 3.87. The lowest BCUT2D eigenvalue weighted by molar-refractivity contribution is -0.169. The van der Waals surface area contributed by atoms with Gasteiger partial charge in [-0.25, -0.2) is 0 Å². The van der Waals surface area contributed by atoms with E-state index < -0.39 is 17.3 Å². The summed E-state index contributed by atoms with van der Waals surface area (Å²) in [6, 6.07) is 4.73. The fourth-order valence-electron chi connectivity index (χ4n) is 5.91. The molecule has 4 saturated carbocycles. The third kappa shape index (κ3) is 3.41. The number of anilines is 1. The topological polar surface area (TPSA) is 61.4 Å². The second kappa shape index (κ2) is 5.87. The number of carbonyl (C=O) groups is 1. The van der Waals surface area contributed by atoms with Crippen molar-refractivity contribution in [3.05, 3.63) is 29.8 Å². The molecule has 4 aliphatic rings.